The van der Waals surface area contributed by atoms with Crippen LogP contribution in [0.25, 0.3) is 0 Å². The molecular formula is C12H18FNO2S. The minimum atomic E-state index is -2.95. The average Bonchev–Trinajstić information content (AvgIpc) is 2.30. The Morgan fingerprint density at radius 1 is 1.29 bits per heavy atom. The molecule has 0 saturated carbocycles. The summed E-state index contributed by atoms with van der Waals surface area (Å²) in [5.41, 5.74) is 6.77. The van der Waals surface area contributed by atoms with Gasteiger partial charge in [-0.05, 0) is 30.5 Å². The molecule has 5 heteroatoms. The highest BCUT2D eigenvalue weighted by Gasteiger charge is 2.11. The predicted octanol–water partition coefficient (Wildman–Crippen LogP) is 1.52. The van der Waals surface area contributed by atoms with Crippen molar-refractivity contribution in [2.24, 2.45) is 5.73 Å². The van der Waals surface area contributed by atoms with E-state index < -0.39 is 9.84 Å². The van der Waals surface area contributed by atoms with Crippen LogP contribution in [0.2, 0.25) is 0 Å². The first kappa shape index (κ1) is 14.1. The van der Waals surface area contributed by atoms with E-state index in [1.807, 2.05) is 0 Å². The highest BCUT2D eigenvalue weighted by molar-refractivity contribution is 7.91. The van der Waals surface area contributed by atoms with Gasteiger partial charge in [0.1, 0.15) is 15.7 Å². The van der Waals surface area contributed by atoms with Gasteiger partial charge in [-0.15, -0.1) is 0 Å². The molecule has 17 heavy (non-hydrogen) atoms. The van der Waals surface area contributed by atoms with Crippen molar-refractivity contribution < 1.29 is 12.8 Å². The van der Waals surface area contributed by atoms with Crippen LogP contribution in [0.5, 0.6) is 0 Å². The molecule has 0 heterocycles. The van der Waals surface area contributed by atoms with Crippen molar-refractivity contribution in [1.29, 1.82) is 0 Å². The Hall–Kier alpha value is -0.940. The molecule has 0 saturated heterocycles. The fraction of sp³-hybridized carbons (Fsp3) is 0.500. The summed E-state index contributed by atoms with van der Waals surface area (Å²) < 4.78 is 35.3. The minimum Gasteiger partial charge on any atom is -0.327 e. The van der Waals surface area contributed by atoms with E-state index >= 15 is 0 Å². The van der Waals surface area contributed by atoms with E-state index in [4.69, 9.17) is 5.73 Å². The number of nitrogens with two attached hydrogens (primary N) is 1. The maximum Gasteiger partial charge on any atom is 0.150 e. The normalized spacial score (nSPS) is 13.6. The van der Waals surface area contributed by atoms with Crippen molar-refractivity contribution in [2.45, 2.75) is 25.8 Å². The van der Waals surface area contributed by atoms with Gasteiger partial charge in [0.2, 0.25) is 0 Å². The number of hydrogen-bond donors (Lipinski definition) is 1. The van der Waals surface area contributed by atoms with Crippen LogP contribution >= 0.6 is 0 Å². The first-order chi connectivity index (χ1) is 7.93. The smallest absolute Gasteiger partial charge is 0.150 e. The third-order valence-electron chi connectivity index (χ3n) is 2.65. The fourth-order valence-electron chi connectivity index (χ4n) is 1.50. The second-order valence-corrected chi connectivity index (χ2v) is 6.59. The summed E-state index contributed by atoms with van der Waals surface area (Å²) >= 11 is 0. The summed E-state index contributed by atoms with van der Waals surface area (Å²) in [7, 11) is -2.95. The zero-order valence-electron chi connectivity index (χ0n) is 9.90. The van der Waals surface area contributed by atoms with Crippen molar-refractivity contribution in [3.05, 3.63) is 35.6 Å². The molecule has 1 unspecified atom stereocenters. The molecule has 0 aliphatic heterocycles. The van der Waals surface area contributed by atoms with E-state index in [-0.39, 0.29) is 23.4 Å². The lowest BCUT2D eigenvalue weighted by molar-refractivity contribution is 0.581. The molecule has 0 aromatic heterocycles. The Labute approximate surface area is 102 Å². The van der Waals surface area contributed by atoms with Crippen LogP contribution < -0.4 is 5.73 Å². The number of halogens is 1. The number of rotatable bonds is 6. The van der Waals surface area contributed by atoms with Gasteiger partial charge in [-0.2, -0.15) is 0 Å². The molecular weight excluding hydrogens is 241 g/mol. The summed E-state index contributed by atoms with van der Waals surface area (Å²) in [5.74, 6) is -0.0156. The molecule has 3 nitrogen and oxygen atoms in total. The van der Waals surface area contributed by atoms with Crippen LogP contribution in [0.3, 0.4) is 0 Å². The highest BCUT2D eigenvalue weighted by Crippen LogP contribution is 2.07. The predicted molar refractivity (Wildman–Crippen MR) is 67.0 cm³/mol. The largest absolute Gasteiger partial charge is 0.327 e. The number of hydrogen-bond acceptors (Lipinski definition) is 3. The van der Waals surface area contributed by atoms with E-state index in [2.05, 4.69) is 0 Å². The van der Waals surface area contributed by atoms with Gasteiger partial charge in [0.15, 0.2) is 0 Å². The molecule has 0 amide bonds. The third kappa shape index (κ3) is 5.28. The zero-order chi connectivity index (χ0) is 12.9. The maximum absolute atomic E-state index is 12.7. The lowest BCUT2D eigenvalue weighted by Gasteiger charge is -2.11. The molecule has 0 radical (unpaired) electrons. The average molecular weight is 259 g/mol. The van der Waals surface area contributed by atoms with Gasteiger partial charge in [0.25, 0.3) is 0 Å². The van der Waals surface area contributed by atoms with Gasteiger partial charge in [-0.25, -0.2) is 12.8 Å². The van der Waals surface area contributed by atoms with Crippen LogP contribution in [0, 0.1) is 5.82 Å². The summed E-state index contributed by atoms with van der Waals surface area (Å²) in [6.07, 6.45) is 1.01. The van der Waals surface area contributed by atoms with Gasteiger partial charge >= 0.3 is 0 Å². The fourth-order valence-corrected chi connectivity index (χ4v) is 2.45. The topological polar surface area (TPSA) is 60.2 Å². The van der Waals surface area contributed by atoms with Gasteiger partial charge < -0.3 is 5.73 Å². The lowest BCUT2D eigenvalue weighted by Crippen LogP contribution is -2.26. The van der Waals surface area contributed by atoms with E-state index in [1.165, 1.54) is 12.1 Å². The molecule has 0 bridgehead atoms. The molecule has 1 atom stereocenters. The SMILES string of the molecule is CCS(=O)(=O)CCC(N)Cc1ccc(F)cc1. The highest BCUT2D eigenvalue weighted by atomic mass is 32.2. The number of benzene rings is 1. The first-order valence-corrected chi connectivity index (χ1v) is 7.45. The molecule has 96 valence electrons. The van der Waals surface area contributed by atoms with E-state index in [9.17, 15) is 12.8 Å². The molecule has 1 aromatic rings. The summed E-state index contributed by atoms with van der Waals surface area (Å²) in [6, 6.07) is 5.89. The standard InChI is InChI=1S/C12H18FNO2S/c1-2-17(15,16)8-7-12(14)9-10-3-5-11(13)6-4-10/h3-6,12H,2,7-9,14H2,1H3. The lowest BCUT2D eigenvalue weighted by atomic mass is 10.1. The second kappa shape index (κ2) is 6.12. The van der Waals surface area contributed by atoms with Gasteiger partial charge in [0, 0.05) is 11.8 Å². The van der Waals surface area contributed by atoms with Crippen LogP contribution in [0.4, 0.5) is 4.39 Å². The second-order valence-electron chi connectivity index (χ2n) is 4.12. The van der Waals surface area contributed by atoms with E-state index in [0.29, 0.717) is 12.8 Å². The van der Waals surface area contributed by atoms with Crippen molar-refractivity contribution in [2.75, 3.05) is 11.5 Å². The Morgan fingerprint density at radius 2 is 1.88 bits per heavy atom. The number of sulfone groups is 1. The molecule has 0 aliphatic carbocycles. The van der Waals surface area contributed by atoms with Crippen molar-refractivity contribution in [3.8, 4) is 0 Å². The van der Waals surface area contributed by atoms with Gasteiger partial charge in [-0.3, -0.25) is 0 Å². The quantitative estimate of drug-likeness (QED) is 0.842. The summed E-state index contributed by atoms with van der Waals surface area (Å²) in [4.78, 5) is 0. The molecule has 0 aliphatic rings. The maximum atomic E-state index is 12.7. The minimum absolute atomic E-state index is 0.117. The molecule has 0 spiro atoms. The Kier molecular flexibility index (Phi) is 5.08. The molecule has 2 N–H and O–H groups in total. The molecule has 1 rings (SSSR count). The van der Waals surface area contributed by atoms with Crippen LogP contribution in [-0.2, 0) is 16.3 Å². The zero-order valence-corrected chi connectivity index (χ0v) is 10.7. The third-order valence-corrected chi connectivity index (χ3v) is 4.39. The van der Waals surface area contributed by atoms with Crippen LogP contribution in [-0.4, -0.2) is 26.0 Å². The Morgan fingerprint density at radius 3 is 2.41 bits per heavy atom. The van der Waals surface area contributed by atoms with Gasteiger partial charge in [-0.1, -0.05) is 19.1 Å². The Bertz CT molecular complexity index is 442. The van der Waals surface area contributed by atoms with Crippen LogP contribution in [0.1, 0.15) is 18.9 Å². The van der Waals surface area contributed by atoms with Crippen molar-refractivity contribution in [1.82, 2.24) is 0 Å². The summed E-state index contributed by atoms with van der Waals surface area (Å²) in [6.45, 7) is 1.63. The monoisotopic (exact) mass is 259 g/mol. The summed E-state index contributed by atoms with van der Waals surface area (Å²) in [5, 5.41) is 0. The van der Waals surface area contributed by atoms with Crippen molar-refractivity contribution >= 4 is 9.84 Å². The Balaban J connectivity index is 2.45. The molecule has 0 fully saturated rings. The van der Waals surface area contributed by atoms with Crippen molar-refractivity contribution in [3.63, 3.8) is 0 Å². The van der Waals surface area contributed by atoms with Gasteiger partial charge in [0.05, 0.1) is 5.75 Å². The van der Waals surface area contributed by atoms with E-state index in [0.717, 1.165) is 5.56 Å². The first-order valence-electron chi connectivity index (χ1n) is 5.63. The van der Waals surface area contributed by atoms with Crippen LogP contribution in [0.15, 0.2) is 24.3 Å². The van der Waals surface area contributed by atoms with E-state index in [1.54, 1.807) is 19.1 Å². The molecule has 1 aromatic carbocycles.